The molecule has 1 rings (SSSR count). The van der Waals surface area contributed by atoms with Gasteiger partial charge in [-0.3, -0.25) is 0 Å². The average molecular weight is 426 g/mol. The maximum absolute atomic E-state index is 11.8. The number of carbonyl (C=O) groups excluding carboxylic acids is 3. The van der Waals surface area contributed by atoms with E-state index in [1.54, 1.807) is 0 Å². The van der Waals surface area contributed by atoms with Crippen molar-refractivity contribution >= 4 is 18.5 Å². The quantitative estimate of drug-likeness (QED) is 0.299. The Morgan fingerprint density at radius 3 is 1.00 bits per heavy atom. The summed E-state index contributed by atoms with van der Waals surface area (Å²) in [4.78, 5) is 35.5. The first-order valence-corrected chi connectivity index (χ1v) is 9.74. The molecule has 0 aliphatic carbocycles. The zero-order chi connectivity index (χ0) is 22.7. The van der Waals surface area contributed by atoms with Crippen LogP contribution in [0, 0.1) is 17.8 Å². The second kappa shape index (κ2) is 12.6. The number of hydrogen-bond acceptors (Lipinski definition) is 9. The highest BCUT2D eigenvalue weighted by molar-refractivity contribution is 5.68. The van der Waals surface area contributed by atoms with E-state index in [0.29, 0.717) is 0 Å². The molecule has 1 aromatic rings. The number of ether oxygens (including phenoxy) is 6. The van der Waals surface area contributed by atoms with Crippen LogP contribution in [-0.4, -0.2) is 38.3 Å². The lowest BCUT2D eigenvalue weighted by Crippen LogP contribution is -2.16. The standard InChI is InChI=1S/C21H30O9/c1-13(2)10-25-19(22)28-16-7-17(29-20(23)26-11-14(3)4)9-18(8-16)30-21(24)27-12-15(5)6/h7-9,13-15H,10-12H2,1-6H3. The first-order valence-electron chi connectivity index (χ1n) is 9.74. The lowest BCUT2D eigenvalue weighted by molar-refractivity contribution is 0.0858. The SMILES string of the molecule is CC(C)COC(=O)Oc1cc(OC(=O)OCC(C)C)cc(OC(=O)OCC(C)C)c1. The molecule has 9 heteroatoms. The maximum atomic E-state index is 11.8. The van der Waals surface area contributed by atoms with Crippen LogP contribution in [0.25, 0.3) is 0 Å². The van der Waals surface area contributed by atoms with Gasteiger partial charge in [-0.15, -0.1) is 0 Å². The zero-order valence-corrected chi connectivity index (χ0v) is 18.3. The lowest BCUT2D eigenvalue weighted by atomic mass is 10.2. The Bertz CT molecular complexity index is 603. The van der Waals surface area contributed by atoms with Crippen LogP contribution in [0.15, 0.2) is 18.2 Å². The molecule has 168 valence electrons. The van der Waals surface area contributed by atoms with Gasteiger partial charge in [0, 0.05) is 18.2 Å². The second-order valence-corrected chi connectivity index (χ2v) is 7.81. The van der Waals surface area contributed by atoms with Crippen molar-refractivity contribution in [3.63, 3.8) is 0 Å². The van der Waals surface area contributed by atoms with Crippen LogP contribution in [0.2, 0.25) is 0 Å². The summed E-state index contributed by atoms with van der Waals surface area (Å²) in [5.41, 5.74) is 0. The molecule has 0 amide bonds. The predicted octanol–water partition coefficient (Wildman–Crippen LogP) is 5.20. The summed E-state index contributed by atoms with van der Waals surface area (Å²) >= 11 is 0. The zero-order valence-electron chi connectivity index (χ0n) is 18.3. The molecule has 0 saturated heterocycles. The molecule has 0 aromatic heterocycles. The molecule has 0 aliphatic heterocycles. The minimum atomic E-state index is -0.948. The third kappa shape index (κ3) is 11.1. The molecule has 0 aliphatic rings. The predicted molar refractivity (Wildman–Crippen MR) is 107 cm³/mol. The van der Waals surface area contributed by atoms with Crippen molar-refractivity contribution in [2.24, 2.45) is 17.8 Å². The molecule has 0 bridgehead atoms. The van der Waals surface area contributed by atoms with Gasteiger partial charge in [0.2, 0.25) is 0 Å². The first-order chi connectivity index (χ1) is 14.0. The largest absolute Gasteiger partial charge is 0.513 e. The molecule has 0 atom stereocenters. The van der Waals surface area contributed by atoms with Gasteiger partial charge in [0.25, 0.3) is 0 Å². The first kappa shape index (κ1) is 25.1. The van der Waals surface area contributed by atoms with Gasteiger partial charge >= 0.3 is 18.5 Å². The van der Waals surface area contributed by atoms with Gasteiger partial charge in [0.15, 0.2) is 0 Å². The Hall–Kier alpha value is -2.97. The topological polar surface area (TPSA) is 107 Å². The molecule has 0 saturated carbocycles. The van der Waals surface area contributed by atoms with Crippen molar-refractivity contribution in [1.29, 1.82) is 0 Å². The Balaban J connectivity index is 2.92. The molecule has 0 fully saturated rings. The van der Waals surface area contributed by atoms with Crippen molar-refractivity contribution in [2.45, 2.75) is 41.5 Å². The normalized spacial score (nSPS) is 10.7. The van der Waals surface area contributed by atoms with Crippen LogP contribution in [0.5, 0.6) is 17.2 Å². The third-order valence-corrected chi connectivity index (χ3v) is 3.06. The number of carbonyl (C=O) groups is 3. The number of benzene rings is 1. The molecule has 1 aromatic carbocycles. The fraction of sp³-hybridized carbons (Fsp3) is 0.571. The van der Waals surface area contributed by atoms with E-state index in [0.717, 1.165) is 0 Å². The summed E-state index contributed by atoms with van der Waals surface area (Å²) < 4.78 is 30.1. The van der Waals surface area contributed by atoms with Gasteiger partial charge in [-0.2, -0.15) is 0 Å². The van der Waals surface area contributed by atoms with Crippen LogP contribution in [0.3, 0.4) is 0 Å². The van der Waals surface area contributed by atoms with Crippen LogP contribution in [-0.2, 0) is 14.2 Å². The Kier molecular flexibility index (Phi) is 10.5. The summed E-state index contributed by atoms with van der Waals surface area (Å²) in [6.07, 6.45) is -2.84. The van der Waals surface area contributed by atoms with Gasteiger partial charge in [-0.05, 0) is 17.8 Å². The number of hydrogen-bond donors (Lipinski definition) is 0. The van der Waals surface area contributed by atoms with E-state index >= 15 is 0 Å². The molecule has 0 radical (unpaired) electrons. The fourth-order valence-electron chi connectivity index (χ4n) is 1.80. The molecule has 0 N–H and O–H groups in total. The Morgan fingerprint density at radius 2 is 0.800 bits per heavy atom. The minimum absolute atomic E-state index is 0.0513. The van der Waals surface area contributed by atoms with E-state index in [2.05, 4.69) is 0 Å². The second-order valence-electron chi connectivity index (χ2n) is 7.81. The summed E-state index contributed by atoms with van der Waals surface area (Å²) in [5.74, 6) is 0.214. The smallest absolute Gasteiger partial charge is 0.434 e. The summed E-state index contributed by atoms with van der Waals surface area (Å²) in [5, 5.41) is 0. The summed E-state index contributed by atoms with van der Waals surface area (Å²) in [6.45, 7) is 11.7. The van der Waals surface area contributed by atoms with Crippen molar-refractivity contribution in [3.8, 4) is 17.2 Å². The van der Waals surface area contributed by atoms with E-state index in [4.69, 9.17) is 28.4 Å². The van der Waals surface area contributed by atoms with Gasteiger partial charge in [-0.1, -0.05) is 41.5 Å². The molecule has 0 unspecified atom stereocenters. The summed E-state index contributed by atoms with van der Waals surface area (Å²) in [6, 6.07) is 3.79. The highest BCUT2D eigenvalue weighted by Crippen LogP contribution is 2.29. The van der Waals surface area contributed by atoms with E-state index in [9.17, 15) is 14.4 Å². The molecular weight excluding hydrogens is 396 g/mol. The minimum Gasteiger partial charge on any atom is -0.434 e. The van der Waals surface area contributed by atoms with Crippen LogP contribution in [0.4, 0.5) is 14.4 Å². The monoisotopic (exact) mass is 426 g/mol. The van der Waals surface area contributed by atoms with Gasteiger partial charge in [0.05, 0.1) is 19.8 Å². The maximum Gasteiger partial charge on any atom is 0.513 e. The van der Waals surface area contributed by atoms with Gasteiger partial charge < -0.3 is 28.4 Å². The van der Waals surface area contributed by atoms with Crippen LogP contribution < -0.4 is 14.2 Å². The Labute approximate surface area is 176 Å². The van der Waals surface area contributed by atoms with Crippen LogP contribution >= 0.6 is 0 Å². The summed E-state index contributed by atoms with van der Waals surface area (Å²) in [7, 11) is 0. The molecule has 0 spiro atoms. The van der Waals surface area contributed by atoms with Crippen molar-refractivity contribution in [1.82, 2.24) is 0 Å². The highest BCUT2D eigenvalue weighted by atomic mass is 16.7. The van der Waals surface area contributed by atoms with E-state index in [1.807, 2.05) is 41.5 Å². The Morgan fingerprint density at radius 1 is 0.567 bits per heavy atom. The third-order valence-electron chi connectivity index (χ3n) is 3.06. The fourth-order valence-corrected chi connectivity index (χ4v) is 1.80. The average Bonchev–Trinajstić information content (AvgIpc) is 2.63. The number of rotatable bonds is 9. The van der Waals surface area contributed by atoms with Crippen LogP contribution in [0.1, 0.15) is 41.5 Å². The highest BCUT2D eigenvalue weighted by Gasteiger charge is 2.16. The van der Waals surface area contributed by atoms with Gasteiger partial charge in [0.1, 0.15) is 17.2 Å². The molecule has 0 heterocycles. The van der Waals surface area contributed by atoms with Gasteiger partial charge in [-0.25, -0.2) is 14.4 Å². The van der Waals surface area contributed by atoms with Crippen molar-refractivity contribution in [2.75, 3.05) is 19.8 Å². The van der Waals surface area contributed by atoms with E-state index in [1.165, 1.54) is 18.2 Å². The van der Waals surface area contributed by atoms with E-state index < -0.39 is 18.5 Å². The van der Waals surface area contributed by atoms with Crippen molar-refractivity contribution < 1.29 is 42.8 Å². The molecule has 9 nitrogen and oxygen atoms in total. The van der Waals surface area contributed by atoms with E-state index in [-0.39, 0.29) is 54.8 Å². The molecule has 30 heavy (non-hydrogen) atoms. The van der Waals surface area contributed by atoms with Crippen molar-refractivity contribution in [3.05, 3.63) is 18.2 Å². The molecular formula is C21H30O9. The lowest BCUT2D eigenvalue weighted by Gasteiger charge is -2.12.